The Bertz CT molecular complexity index is 197. The molecule has 0 radical (unpaired) electrons. The third-order valence-corrected chi connectivity index (χ3v) is 3.92. The van der Waals surface area contributed by atoms with Gasteiger partial charge in [-0.2, -0.15) is 0 Å². The summed E-state index contributed by atoms with van der Waals surface area (Å²) in [5.41, 5.74) is 0. The molecule has 2 rings (SSSR count). The highest BCUT2D eigenvalue weighted by Crippen LogP contribution is 2.41. The molecule has 0 aromatic rings. The van der Waals surface area contributed by atoms with Crippen LogP contribution in [0.1, 0.15) is 58.8 Å². The Labute approximate surface area is 93.3 Å². The van der Waals surface area contributed by atoms with E-state index in [0.29, 0.717) is 12.0 Å². The normalized spacial score (nSPS) is 34.8. The van der Waals surface area contributed by atoms with Crippen LogP contribution in [0.4, 0.5) is 0 Å². The van der Waals surface area contributed by atoms with Crippen LogP contribution in [0.25, 0.3) is 0 Å². The van der Waals surface area contributed by atoms with Crippen LogP contribution in [0.15, 0.2) is 0 Å². The maximum absolute atomic E-state index is 6.26. The Balaban J connectivity index is 1.98. The molecule has 2 atom stereocenters. The van der Waals surface area contributed by atoms with Crippen LogP contribution in [0.3, 0.4) is 0 Å². The fourth-order valence-corrected chi connectivity index (χ4v) is 2.91. The Morgan fingerprint density at radius 2 is 1.93 bits per heavy atom. The van der Waals surface area contributed by atoms with Gasteiger partial charge in [0.1, 0.15) is 0 Å². The van der Waals surface area contributed by atoms with Gasteiger partial charge in [0.05, 0.1) is 12.7 Å². The van der Waals surface area contributed by atoms with Gasteiger partial charge in [-0.15, -0.1) is 0 Å². The van der Waals surface area contributed by atoms with Crippen molar-refractivity contribution in [3.8, 4) is 0 Å². The molecule has 1 aliphatic carbocycles. The molecule has 0 bridgehead atoms. The molecule has 15 heavy (non-hydrogen) atoms. The predicted octanol–water partition coefficient (Wildman–Crippen LogP) is 3.50. The molecule has 0 aromatic heterocycles. The average Bonchev–Trinajstić information content (AvgIpc) is 2.68. The fourth-order valence-electron chi connectivity index (χ4n) is 2.91. The van der Waals surface area contributed by atoms with Gasteiger partial charge in [-0.25, -0.2) is 0 Å². The quantitative estimate of drug-likeness (QED) is 0.713. The molecule has 0 unspecified atom stereocenters. The minimum atomic E-state index is -0.175. The second-order valence-corrected chi connectivity index (χ2v) is 5.04. The van der Waals surface area contributed by atoms with Gasteiger partial charge in [-0.05, 0) is 25.7 Å². The van der Waals surface area contributed by atoms with Gasteiger partial charge in [0.15, 0.2) is 5.79 Å². The Kier molecular flexibility index (Phi) is 3.68. The monoisotopic (exact) mass is 212 g/mol. The number of ether oxygens (including phenoxy) is 2. The van der Waals surface area contributed by atoms with Crippen LogP contribution in [-0.4, -0.2) is 18.5 Å². The van der Waals surface area contributed by atoms with Gasteiger partial charge in [0.25, 0.3) is 0 Å². The van der Waals surface area contributed by atoms with Crippen molar-refractivity contribution in [1.82, 2.24) is 0 Å². The molecular formula is C13H24O2. The van der Waals surface area contributed by atoms with E-state index >= 15 is 0 Å². The number of hydrogen-bond acceptors (Lipinski definition) is 2. The van der Waals surface area contributed by atoms with Crippen LogP contribution in [-0.2, 0) is 9.47 Å². The lowest BCUT2D eigenvalue weighted by atomic mass is 9.94. The molecule has 2 nitrogen and oxygen atoms in total. The Morgan fingerprint density at radius 1 is 1.20 bits per heavy atom. The first-order valence-electron chi connectivity index (χ1n) is 6.61. The molecule has 0 amide bonds. The summed E-state index contributed by atoms with van der Waals surface area (Å²) in [6.45, 7) is 5.40. The van der Waals surface area contributed by atoms with Crippen molar-refractivity contribution in [1.29, 1.82) is 0 Å². The zero-order valence-electron chi connectivity index (χ0n) is 10.1. The lowest BCUT2D eigenvalue weighted by molar-refractivity contribution is -0.308. The highest BCUT2D eigenvalue weighted by molar-refractivity contribution is 4.85. The van der Waals surface area contributed by atoms with Gasteiger partial charge >= 0.3 is 0 Å². The SMILES string of the molecule is CCC[C@H]1OC2(CCCC2)OC[C@@H]1CC. The minimum Gasteiger partial charge on any atom is -0.350 e. The molecule has 2 fully saturated rings. The van der Waals surface area contributed by atoms with Gasteiger partial charge in [-0.3, -0.25) is 0 Å². The fraction of sp³-hybridized carbons (Fsp3) is 1.00. The summed E-state index contributed by atoms with van der Waals surface area (Å²) in [6.07, 6.45) is 8.83. The molecule has 1 heterocycles. The van der Waals surface area contributed by atoms with Gasteiger partial charge in [-0.1, -0.05) is 20.3 Å². The van der Waals surface area contributed by atoms with Crippen molar-refractivity contribution in [2.45, 2.75) is 70.7 Å². The van der Waals surface area contributed by atoms with Crippen molar-refractivity contribution in [3.05, 3.63) is 0 Å². The van der Waals surface area contributed by atoms with E-state index in [1.165, 1.54) is 32.1 Å². The second kappa shape index (κ2) is 4.84. The predicted molar refractivity (Wildman–Crippen MR) is 60.7 cm³/mol. The zero-order chi connectivity index (χ0) is 10.7. The molecule has 0 aromatic carbocycles. The Hall–Kier alpha value is -0.0800. The summed E-state index contributed by atoms with van der Waals surface area (Å²) in [5, 5.41) is 0. The Morgan fingerprint density at radius 3 is 2.53 bits per heavy atom. The van der Waals surface area contributed by atoms with Gasteiger partial charge in [0, 0.05) is 18.8 Å². The standard InChI is InChI=1S/C13H24O2/c1-3-7-12-11(4-2)10-14-13(15-12)8-5-6-9-13/h11-12H,3-10H2,1-2H3/t11-,12+/m0/s1. The summed E-state index contributed by atoms with van der Waals surface area (Å²) < 4.78 is 12.2. The van der Waals surface area contributed by atoms with E-state index < -0.39 is 0 Å². The van der Waals surface area contributed by atoms with E-state index in [0.717, 1.165) is 19.4 Å². The number of rotatable bonds is 3. The third-order valence-electron chi connectivity index (χ3n) is 3.92. The highest BCUT2D eigenvalue weighted by atomic mass is 16.7. The molecule has 1 saturated carbocycles. The first-order chi connectivity index (χ1) is 7.29. The van der Waals surface area contributed by atoms with E-state index in [1.54, 1.807) is 0 Å². The van der Waals surface area contributed by atoms with E-state index in [2.05, 4.69) is 13.8 Å². The summed E-state index contributed by atoms with van der Waals surface area (Å²) in [5.74, 6) is 0.446. The summed E-state index contributed by atoms with van der Waals surface area (Å²) in [7, 11) is 0. The minimum absolute atomic E-state index is 0.175. The van der Waals surface area contributed by atoms with E-state index in [-0.39, 0.29) is 5.79 Å². The van der Waals surface area contributed by atoms with Crippen molar-refractivity contribution in [2.24, 2.45) is 5.92 Å². The van der Waals surface area contributed by atoms with Crippen molar-refractivity contribution < 1.29 is 9.47 Å². The molecule has 0 N–H and O–H groups in total. The molecule has 1 saturated heterocycles. The zero-order valence-corrected chi connectivity index (χ0v) is 10.1. The topological polar surface area (TPSA) is 18.5 Å². The van der Waals surface area contributed by atoms with Crippen molar-refractivity contribution >= 4 is 0 Å². The summed E-state index contributed by atoms with van der Waals surface area (Å²) >= 11 is 0. The van der Waals surface area contributed by atoms with E-state index in [4.69, 9.17) is 9.47 Å². The third kappa shape index (κ3) is 2.36. The molecule has 88 valence electrons. The maximum atomic E-state index is 6.26. The molecule has 2 heteroatoms. The first kappa shape index (κ1) is 11.4. The summed E-state index contributed by atoms with van der Waals surface area (Å²) in [4.78, 5) is 0. The van der Waals surface area contributed by atoms with Gasteiger partial charge < -0.3 is 9.47 Å². The van der Waals surface area contributed by atoms with Crippen molar-refractivity contribution in [2.75, 3.05) is 6.61 Å². The van der Waals surface area contributed by atoms with Crippen molar-refractivity contribution in [3.63, 3.8) is 0 Å². The average molecular weight is 212 g/mol. The smallest absolute Gasteiger partial charge is 0.168 e. The second-order valence-electron chi connectivity index (χ2n) is 5.04. The molecule has 2 aliphatic rings. The summed E-state index contributed by atoms with van der Waals surface area (Å²) in [6, 6.07) is 0. The van der Waals surface area contributed by atoms with Crippen LogP contribution in [0.2, 0.25) is 0 Å². The van der Waals surface area contributed by atoms with E-state index in [9.17, 15) is 0 Å². The lowest BCUT2D eigenvalue weighted by Gasteiger charge is -2.43. The highest BCUT2D eigenvalue weighted by Gasteiger charge is 2.43. The first-order valence-corrected chi connectivity index (χ1v) is 6.61. The van der Waals surface area contributed by atoms with Crippen LogP contribution in [0.5, 0.6) is 0 Å². The largest absolute Gasteiger partial charge is 0.350 e. The maximum Gasteiger partial charge on any atom is 0.168 e. The van der Waals surface area contributed by atoms with Crippen LogP contribution in [0, 0.1) is 5.92 Å². The van der Waals surface area contributed by atoms with Gasteiger partial charge in [0.2, 0.25) is 0 Å². The van der Waals surface area contributed by atoms with Crippen LogP contribution >= 0.6 is 0 Å². The molecular weight excluding hydrogens is 188 g/mol. The molecule has 1 spiro atoms. The molecule has 1 aliphatic heterocycles. The number of hydrogen-bond donors (Lipinski definition) is 0. The van der Waals surface area contributed by atoms with E-state index in [1.807, 2.05) is 0 Å². The lowest BCUT2D eigenvalue weighted by Crippen LogP contribution is -2.47. The van der Waals surface area contributed by atoms with Crippen LogP contribution < -0.4 is 0 Å².